The largest absolute Gasteiger partial charge is 0.481 e. The fourth-order valence-corrected chi connectivity index (χ4v) is 6.77. The number of aliphatic carboxylic acids is 1. The number of hydrogen-bond acceptors (Lipinski definition) is 2. The van der Waals surface area contributed by atoms with E-state index in [2.05, 4.69) is 27.7 Å². The third-order valence-corrected chi connectivity index (χ3v) is 9.92. The summed E-state index contributed by atoms with van der Waals surface area (Å²) < 4.78 is 0. The van der Waals surface area contributed by atoms with Crippen molar-refractivity contribution < 1.29 is 14.7 Å². The maximum absolute atomic E-state index is 12.6. The van der Waals surface area contributed by atoms with E-state index in [4.69, 9.17) is 0 Å². The van der Waals surface area contributed by atoms with Crippen LogP contribution in [-0.4, -0.2) is 16.9 Å². The number of ketones is 1. The Morgan fingerprint density at radius 1 is 0.356 bits per heavy atom. The van der Waals surface area contributed by atoms with Crippen LogP contribution in [0.4, 0.5) is 0 Å². The van der Waals surface area contributed by atoms with E-state index in [1.54, 1.807) is 0 Å². The Morgan fingerprint density at radius 3 is 0.822 bits per heavy atom. The summed E-state index contributed by atoms with van der Waals surface area (Å²) in [6, 6.07) is 0. The second-order valence-electron chi connectivity index (χ2n) is 15.5. The lowest BCUT2D eigenvalue weighted by Crippen LogP contribution is -2.23. The molecule has 0 fully saturated rings. The van der Waals surface area contributed by atoms with Crippen molar-refractivity contribution in [3.05, 3.63) is 0 Å². The van der Waals surface area contributed by atoms with Gasteiger partial charge in [-0.2, -0.15) is 0 Å². The van der Waals surface area contributed by atoms with E-state index in [0.717, 1.165) is 37.5 Å². The van der Waals surface area contributed by atoms with Gasteiger partial charge in [-0.1, -0.05) is 220 Å². The van der Waals surface area contributed by atoms with Crippen LogP contribution in [0.2, 0.25) is 0 Å². The lowest BCUT2D eigenvalue weighted by atomic mass is 9.93. The molecule has 0 saturated carbocycles. The number of carbonyl (C=O) groups excluding carboxylic acids is 1. The Labute approximate surface area is 283 Å². The number of Topliss-reactive ketones (excluding diaryl/α,β-unsaturated/α-hetero) is 1. The second-order valence-corrected chi connectivity index (χ2v) is 15.5. The minimum atomic E-state index is -0.905. The predicted octanol–water partition coefficient (Wildman–Crippen LogP) is 14.4. The lowest BCUT2D eigenvalue weighted by Gasteiger charge is -2.11. The van der Waals surface area contributed by atoms with Crippen molar-refractivity contribution in [3.63, 3.8) is 0 Å². The number of carboxylic acid groups (broad SMARTS) is 1. The topological polar surface area (TPSA) is 54.4 Å². The number of rotatable bonds is 37. The molecule has 0 aliphatic heterocycles. The minimum absolute atomic E-state index is 0.0338. The first-order chi connectivity index (χ1) is 21.8. The van der Waals surface area contributed by atoms with Gasteiger partial charge in [0.05, 0.1) is 0 Å². The molecule has 0 heterocycles. The van der Waals surface area contributed by atoms with Crippen molar-refractivity contribution in [2.45, 2.75) is 240 Å². The zero-order chi connectivity index (χ0) is 33.2. The second kappa shape index (κ2) is 34.5. The molecule has 0 aliphatic rings. The highest BCUT2D eigenvalue weighted by molar-refractivity contribution is 5.98. The highest BCUT2D eigenvalue weighted by atomic mass is 16.4. The quantitative estimate of drug-likeness (QED) is 0.0546. The molecule has 0 saturated heterocycles. The molecule has 3 nitrogen and oxygen atoms in total. The third kappa shape index (κ3) is 34.3. The summed E-state index contributed by atoms with van der Waals surface area (Å²) in [4.78, 5) is 24.3. The molecule has 0 radical (unpaired) electrons. The van der Waals surface area contributed by atoms with Crippen LogP contribution in [-0.2, 0) is 9.59 Å². The lowest BCUT2D eigenvalue weighted by molar-refractivity contribution is -0.146. The Balaban J connectivity index is 3.50. The van der Waals surface area contributed by atoms with Crippen LogP contribution in [0, 0.1) is 17.8 Å². The van der Waals surface area contributed by atoms with Crippen molar-refractivity contribution in [1.29, 1.82) is 0 Å². The summed E-state index contributed by atoms with van der Waals surface area (Å²) in [7, 11) is 0. The molecule has 0 aromatic heterocycles. The zero-order valence-corrected chi connectivity index (χ0v) is 31.3. The van der Waals surface area contributed by atoms with Crippen LogP contribution in [0.25, 0.3) is 0 Å². The molecule has 0 rings (SSSR count). The maximum atomic E-state index is 12.6. The zero-order valence-electron chi connectivity index (χ0n) is 31.3. The van der Waals surface area contributed by atoms with Crippen molar-refractivity contribution >= 4 is 11.8 Å². The first kappa shape index (κ1) is 44.1. The van der Waals surface area contributed by atoms with Crippen molar-refractivity contribution in [2.75, 3.05) is 0 Å². The van der Waals surface area contributed by atoms with E-state index in [0.29, 0.717) is 12.8 Å². The normalized spacial score (nSPS) is 12.4. The van der Waals surface area contributed by atoms with Gasteiger partial charge in [-0.15, -0.1) is 0 Å². The monoisotopic (exact) mass is 635 g/mol. The third-order valence-electron chi connectivity index (χ3n) is 9.92. The molecule has 0 aliphatic carbocycles. The van der Waals surface area contributed by atoms with Crippen LogP contribution < -0.4 is 0 Å². The average molecular weight is 635 g/mol. The Kier molecular flexibility index (Phi) is 33.8. The summed E-state index contributed by atoms with van der Waals surface area (Å²) in [6.45, 7) is 9.29. The van der Waals surface area contributed by atoms with Gasteiger partial charge < -0.3 is 5.11 Å². The summed E-state index contributed by atoms with van der Waals surface area (Å²) >= 11 is 0. The van der Waals surface area contributed by atoms with Gasteiger partial charge >= 0.3 is 5.97 Å². The smallest absolute Gasteiger partial charge is 0.314 e. The molecule has 0 aromatic rings. The molecule has 1 atom stereocenters. The van der Waals surface area contributed by atoms with Crippen LogP contribution in [0.15, 0.2) is 0 Å². The minimum Gasteiger partial charge on any atom is -0.481 e. The summed E-state index contributed by atoms with van der Waals surface area (Å²) in [5, 5.41) is 9.61. The van der Waals surface area contributed by atoms with Crippen LogP contribution in [0.3, 0.4) is 0 Å². The van der Waals surface area contributed by atoms with E-state index >= 15 is 0 Å². The van der Waals surface area contributed by atoms with Gasteiger partial charge in [-0.25, -0.2) is 0 Å². The Morgan fingerprint density at radius 2 is 0.578 bits per heavy atom. The van der Waals surface area contributed by atoms with Gasteiger partial charge in [-0.05, 0) is 24.7 Å². The molecule has 268 valence electrons. The molecular weight excluding hydrogens is 552 g/mol. The first-order valence-electron chi connectivity index (χ1n) is 20.6. The summed E-state index contributed by atoms with van der Waals surface area (Å²) in [5.41, 5.74) is 0. The average Bonchev–Trinajstić information content (AvgIpc) is 2.99. The summed E-state index contributed by atoms with van der Waals surface area (Å²) in [5.74, 6) is 0.00308. The van der Waals surface area contributed by atoms with Crippen molar-refractivity contribution in [3.8, 4) is 0 Å². The Hall–Kier alpha value is -0.860. The van der Waals surface area contributed by atoms with Gasteiger partial charge in [0.25, 0.3) is 0 Å². The van der Waals surface area contributed by atoms with Gasteiger partial charge in [-0.3, -0.25) is 9.59 Å². The standard InChI is InChI=1S/C42H82O3/c1-38(2)34-30-26-22-18-14-10-6-5-7-12-16-20-24-28-32-36-40(42(44)45)41(43)37-33-29-25-21-17-13-9-8-11-15-19-23-27-31-35-39(3)4/h38-40H,5-37H2,1-4H3,(H,44,45). The molecule has 0 spiro atoms. The van der Waals surface area contributed by atoms with E-state index < -0.39 is 11.9 Å². The molecule has 0 amide bonds. The first-order valence-corrected chi connectivity index (χ1v) is 20.6. The van der Waals surface area contributed by atoms with Gasteiger partial charge in [0.1, 0.15) is 11.7 Å². The maximum Gasteiger partial charge on any atom is 0.314 e. The summed E-state index contributed by atoms with van der Waals surface area (Å²) in [6.07, 6.45) is 41.6. The van der Waals surface area contributed by atoms with Gasteiger partial charge in [0.2, 0.25) is 0 Å². The van der Waals surface area contributed by atoms with E-state index in [1.807, 2.05) is 0 Å². The molecule has 0 bridgehead atoms. The highest BCUT2D eigenvalue weighted by Crippen LogP contribution is 2.19. The number of unbranched alkanes of at least 4 members (excludes halogenated alkanes) is 27. The highest BCUT2D eigenvalue weighted by Gasteiger charge is 2.24. The number of hydrogen-bond donors (Lipinski definition) is 1. The molecule has 45 heavy (non-hydrogen) atoms. The van der Waals surface area contributed by atoms with Gasteiger partial charge in [0.15, 0.2) is 0 Å². The van der Waals surface area contributed by atoms with Crippen molar-refractivity contribution in [1.82, 2.24) is 0 Å². The predicted molar refractivity (Wildman–Crippen MR) is 198 cm³/mol. The van der Waals surface area contributed by atoms with Crippen LogP contribution in [0.1, 0.15) is 240 Å². The molecular formula is C42H82O3. The fraction of sp³-hybridized carbons (Fsp3) is 0.952. The molecule has 0 aromatic carbocycles. The Bertz CT molecular complexity index is 625. The van der Waals surface area contributed by atoms with Crippen LogP contribution in [0.5, 0.6) is 0 Å². The number of carbonyl (C=O) groups is 2. The van der Waals surface area contributed by atoms with Crippen molar-refractivity contribution in [2.24, 2.45) is 17.8 Å². The van der Waals surface area contributed by atoms with E-state index in [9.17, 15) is 14.7 Å². The fourth-order valence-electron chi connectivity index (χ4n) is 6.77. The molecule has 1 unspecified atom stereocenters. The SMILES string of the molecule is CC(C)CCCCCCCCCCCCCCCCCC(C(=O)O)C(=O)CCCCCCCCCCCCCCCCC(C)C. The van der Waals surface area contributed by atoms with E-state index in [1.165, 1.54) is 173 Å². The van der Waals surface area contributed by atoms with Crippen LogP contribution >= 0.6 is 0 Å². The van der Waals surface area contributed by atoms with Gasteiger partial charge in [0, 0.05) is 6.42 Å². The molecule has 3 heteroatoms. The van der Waals surface area contributed by atoms with E-state index in [-0.39, 0.29) is 5.78 Å². The molecule has 1 N–H and O–H groups in total. The number of carboxylic acids is 1.